The van der Waals surface area contributed by atoms with Gasteiger partial charge in [0.2, 0.25) is 0 Å². The minimum atomic E-state index is -1.33. The van der Waals surface area contributed by atoms with Crippen LogP contribution in [0.2, 0.25) is 0 Å². The summed E-state index contributed by atoms with van der Waals surface area (Å²) < 4.78 is 0. The third-order valence-corrected chi connectivity index (χ3v) is 2.75. The summed E-state index contributed by atoms with van der Waals surface area (Å²) in [5.41, 5.74) is -3.23. The van der Waals surface area contributed by atoms with Crippen LogP contribution in [0.15, 0.2) is 12.1 Å². The number of nitro groups is 2. The second-order valence-corrected chi connectivity index (χ2v) is 4.52. The van der Waals surface area contributed by atoms with Crippen LogP contribution in [0, 0.1) is 31.6 Å². The molecule has 0 spiro atoms. The first-order valence-electron chi connectivity index (χ1n) is 5.65. The zero-order valence-electron chi connectivity index (χ0n) is 10.9. The van der Waals surface area contributed by atoms with Crippen molar-refractivity contribution in [2.24, 2.45) is 0 Å². The van der Waals surface area contributed by atoms with E-state index in [4.69, 9.17) is 5.26 Å². The molecule has 0 aliphatic carbocycles. The highest BCUT2D eigenvalue weighted by atomic mass is 16.6. The van der Waals surface area contributed by atoms with Crippen LogP contribution in [0.25, 0.3) is 0 Å². The molecule has 0 bridgehead atoms. The monoisotopic (exact) mass is 296 g/mol. The summed E-state index contributed by atoms with van der Waals surface area (Å²) in [6, 6.07) is 3.21. The molecule has 0 aliphatic rings. The molecule has 1 aromatic rings. The molecule has 0 unspecified atom stereocenters. The summed E-state index contributed by atoms with van der Waals surface area (Å²) in [6.07, 6.45) is 0. The number of non-ortho nitro benzene ring substituents is 1. The van der Waals surface area contributed by atoms with E-state index in [9.17, 15) is 30.4 Å². The van der Waals surface area contributed by atoms with Crippen molar-refractivity contribution in [1.29, 1.82) is 5.26 Å². The Hall–Kier alpha value is -2.77. The van der Waals surface area contributed by atoms with Gasteiger partial charge in [-0.15, -0.1) is 0 Å². The van der Waals surface area contributed by atoms with Crippen molar-refractivity contribution in [3.8, 4) is 6.07 Å². The predicted octanol–water partition coefficient (Wildman–Crippen LogP) is 0.530. The van der Waals surface area contributed by atoms with E-state index >= 15 is 0 Å². The van der Waals surface area contributed by atoms with Crippen molar-refractivity contribution >= 4 is 17.1 Å². The first-order valence-corrected chi connectivity index (χ1v) is 5.65. The van der Waals surface area contributed by atoms with E-state index in [2.05, 4.69) is 5.32 Å². The number of nitro benzene ring substituents is 2. The lowest BCUT2D eigenvalue weighted by Crippen LogP contribution is -2.42. The number of nitrogens with zero attached hydrogens (tertiary/aromatic N) is 3. The van der Waals surface area contributed by atoms with Crippen LogP contribution in [-0.2, 0) is 0 Å². The quantitative estimate of drug-likeness (QED) is 0.505. The van der Waals surface area contributed by atoms with Crippen molar-refractivity contribution in [3.05, 3.63) is 37.9 Å². The van der Waals surface area contributed by atoms with Gasteiger partial charge in [0.25, 0.3) is 5.69 Å². The van der Waals surface area contributed by atoms with E-state index in [-0.39, 0.29) is 11.3 Å². The molecule has 21 heavy (non-hydrogen) atoms. The number of anilines is 1. The van der Waals surface area contributed by atoms with Crippen molar-refractivity contribution in [2.75, 3.05) is 18.5 Å². The van der Waals surface area contributed by atoms with Crippen LogP contribution >= 0.6 is 0 Å². The average Bonchev–Trinajstić information content (AvgIpc) is 2.46. The largest absolute Gasteiger partial charge is 0.394 e. The molecule has 1 rings (SSSR count). The SMILES string of the molecule is CC(CO)(CO)Nc1c(C#N)cc([N+](=O)[O-])cc1[N+](=O)[O-]. The zero-order chi connectivity index (χ0) is 16.2. The molecule has 0 radical (unpaired) electrons. The normalized spacial score (nSPS) is 10.8. The molecule has 0 aliphatic heterocycles. The van der Waals surface area contributed by atoms with E-state index in [0.717, 1.165) is 6.07 Å². The van der Waals surface area contributed by atoms with Gasteiger partial charge in [-0.2, -0.15) is 5.26 Å². The summed E-state index contributed by atoms with van der Waals surface area (Å²) in [5, 5.41) is 51.7. The van der Waals surface area contributed by atoms with Gasteiger partial charge in [-0.1, -0.05) is 0 Å². The molecular formula is C11H12N4O6. The van der Waals surface area contributed by atoms with Crippen molar-refractivity contribution in [2.45, 2.75) is 12.5 Å². The summed E-state index contributed by atoms with van der Waals surface area (Å²) in [6.45, 7) is 0.240. The minimum absolute atomic E-state index is 0.293. The molecule has 0 saturated heterocycles. The molecule has 0 heterocycles. The highest BCUT2D eigenvalue weighted by Gasteiger charge is 2.30. The summed E-state index contributed by atoms with van der Waals surface area (Å²) in [5.74, 6) is 0. The minimum Gasteiger partial charge on any atom is -0.394 e. The Bertz CT molecular complexity index is 620. The summed E-state index contributed by atoms with van der Waals surface area (Å²) in [4.78, 5) is 20.0. The maximum Gasteiger partial charge on any atom is 0.300 e. The van der Waals surface area contributed by atoms with Gasteiger partial charge < -0.3 is 15.5 Å². The molecule has 10 heteroatoms. The Morgan fingerprint density at radius 2 is 1.86 bits per heavy atom. The van der Waals surface area contributed by atoms with Crippen molar-refractivity contribution in [3.63, 3.8) is 0 Å². The topological polar surface area (TPSA) is 163 Å². The van der Waals surface area contributed by atoms with Gasteiger partial charge in [-0.05, 0) is 6.92 Å². The number of nitrogens with one attached hydrogen (secondary N) is 1. The third-order valence-electron chi connectivity index (χ3n) is 2.75. The van der Waals surface area contributed by atoms with Gasteiger partial charge >= 0.3 is 5.69 Å². The standard InChI is InChI=1S/C11H12N4O6/c1-11(5-16,6-17)13-10-7(4-12)2-8(14(18)19)3-9(10)15(20)21/h2-3,13,16-17H,5-6H2,1H3. The summed E-state index contributed by atoms with van der Waals surface area (Å²) in [7, 11) is 0. The molecule has 0 aromatic heterocycles. The second kappa shape index (κ2) is 6.12. The van der Waals surface area contributed by atoms with Crippen molar-refractivity contribution in [1.82, 2.24) is 0 Å². The highest BCUT2D eigenvalue weighted by Crippen LogP contribution is 2.34. The van der Waals surface area contributed by atoms with Crippen LogP contribution in [-0.4, -0.2) is 38.8 Å². The Kier molecular flexibility index (Phi) is 4.75. The van der Waals surface area contributed by atoms with Gasteiger partial charge in [0, 0.05) is 6.07 Å². The van der Waals surface area contributed by atoms with Crippen molar-refractivity contribution < 1.29 is 20.1 Å². The van der Waals surface area contributed by atoms with Crippen LogP contribution < -0.4 is 5.32 Å². The van der Waals surface area contributed by atoms with Gasteiger partial charge in [-0.3, -0.25) is 20.2 Å². The Morgan fingerprint density at radius 3 is 2.24 bits per heavy atom. The van der Waals surface area contributed by atoms with Gasteiger partial charge in [0.15, 0.2) is 0 Å². The fourth-order valence-corrected chi connectivity index (χ4v) is 1.51. The first-order chi connectivity index (χ1) is 9.77. The first kappa shape index (κ1) is 16.3. The highest BCUT2D eigenvalue weighted by molar-refractivity contribution is 5.74. The molecule has 0 fully saturated rings. The maximum absolute atomic E-state index is 11.0. The summed E-state index contributed by atoms with van der Waals surface area (Å²) >= 11 is 0. The van der Waals surface area contributed by atoms with E-state index in [1.54, 1.807) is 6.07 Å². The zero-order valence-corrected chi connectivity index (χ0v) is 10.9. The molecular weight excluding hydrogens is 284 g/mol. The lowest BCUT2D eigenvalue weighted by Gasteiger charge is -2.27. The Morgan fingerprint density at radius 1 is 1.29 bits per heavy atom. The third kappa shape index (κ3) is 3.41. The molecule has 0 atom stereocenters. The number of aliphatic hydroxyl groups excluding tert-OH is 2. The van der Waals surface area contributed by atoms with Crippen LogP contribution in [0.1, 0.15) is 12.5 Å². The van der Waals surface area contributed by atoms with Gasteiger partial charge in [0.05, 0.1) is 40.2 Å². The lowest BCUT2D eigenvalue weighted by molar-refractivity contribution is -0.393. The van der Waals surface area contributed by atoms with Crippen LogP contribution in [0.3, 0.4) is 0 Å². The van der Waals surface area contributed by atoms with E-state index in [1.165, 1.54) is 6.92 Å². The Labute approximate surface area is 118 Å². The van der Waals surface area contributed by atoms with E-state index in [1.807, 2.05) is 0 Å². The predicted molar refractivity (Wildman–Crippen MR) is 70.7 cm³/mol. The molecule has 0 saturated carbocycles. The van der Waals surface area contributed by atoms with E-state index in [0.29, 0.717) is 6.07 Å². The lowest BCUT2D eigenvalue weighted by atomic mass is 10.0. The smallest absolute Gasteiger partial charge is 0.300 e. The molecule has 10 nitrogen and oxygen atoms in total. The number of benzene rings is 1. The average molecular weight is 296 g/mol. The number of rotatable bonds is 6. The fraction of sp³-hybridized carbons (Fsp3) is 0.364. The maximum atomic E-state index is 11.0. The molecule has 3 N–H and O–H groups in total. The molecule has 112 valence electrons. The number of nitriles is 1. The number of hydrogen-bond donors (Lipinski definition) is 3. The molecule has 1 aromatic carbocycles. The van der Waals surface area contributed by atoms with E-state index < -0.39 is 40.0 Å². The van der Waals surface area contributed by atoms with Gasteiger partial charge in [-0.25, -0.2) is 0 Å². The fourth-order valence-electron chi connectivity index (χ4n) is 1.51. The van der Waals surface area contributed by atoms with Crippen LogP contribution in [0.5, 0.6) is 0 Å². The number of aliphatic hydroxyl groups is 2. The Balaban J connectivity index is 3.53. The van der Waals surface area contributed by atoms with Gasteiger partial charge in [0.1, 0.15) is 11.8 Å². The molecule has 0 amide bonds. The second-order valence-electron chi connectivity index (χ2n) is 4.52. The number of hydrogen-bond acceptors (Lipinski definition) is 8. The van der Waals surface area contributed by atoms with Crippen LogP contribution in [0.4, 0.5) is 17.1 Å².